The van der Waals surface area contributed by atoms with E-state index in [-0.39, 0.29) is 0 Å². The number of halogens is 1. The van der Waals surface area contributed by atoms with Gasteiger partial charge < -0.3 is 9.84 Å². The van der Waals surface area contributed by atoms with Gasteiger partial charge in [0.1, 0.15) is 0 Å². The van der Waals surface area contributed by atoms with Crippen molar-refractivity contribution >= 4 is 21.9 Å². The van der Waals surface area contributed by atoms with Crippen molar-refractivity contribution in [2.75, 3.05) is 13.2 Å². The minimum absolute atomic E-state index is 0.314. The largest absolute Gasteiger partial charge is 0.481 e. The van der Waals surface area contributed by atoms with Crippen LogP contribution in [0.2, 0.25) is 0 Å². The van der Waals surface area contributed by atoms with E-state index in [0.29, 0.717) is 26.1 Å². The number of hydrogen-bond donors (Lipinski definition) is 1. The van der Waals surface area contributed by atoms with Crippen LogP contribution in [0.1, 0.15) is 12.0 Å². The summed E-state index contributed by atoms with van der Waals surface area (Å²) in [4.78, 5) is 11.3. The summed E-state index contributed by atoms with van der Waals surface area (Å²) >= 11 is 3.39. The molecular formula is C12H13BrO3. The molecule has 16 heavy (non-hydrogen) atoms. The number of carboxylic acids is 1. The van der Waals surface area contributed by atoms with Gasteiger partial charge in [-0.15, -0.1) is 0 Å². The predicted molar refractivity (Wildman–Crippen MR) is 63.4 cm³/mol. The summed E-state index contributed by atoms with van der Waals surface area (Å²) in [5.74, 6) is -0.759. The summed E-state index contributed by atoms with van der Waals surface area (Å²) in [7, 11) is 0. The topological polar surface area (TPSA) is 46.5 Å². The Morgan fingerprint density at radius 3 is 2.94 bits per heavy atom. The molecule has 1 atom stereocenters. The molecule has 4 heteroatoms. The molecule has 1 aliphatic rings. The zero-order valence-electron chi connectivity index (χ0n) is 8.78. The van der Waals surface area contributed by atoms with Crippen LogP contribution in [0.3, 0.4) is 0 Å². The van der Waals surface area contributed by atoms with Crippen molar-refractivity contribution in [2.45, 2.75) is 12.8 Å². The van der Waals surface area contributed by atoms with E-state index in [4.69, 9.17) is 4.74 Å². The molecule has 1 aliphatic heterocycles. The van der Waals surface area contributed by atoms with Crippen molar-refractivity contribution in [1.29, 1.82) is 0 Å². The Morgan fingerprint density at radius 1 is 1.56 bits per heavy atom. The monoisotopic (exact) mass is 284 g/mol. The first kappa shape index (κ1) is 11.6. The molecule has 86 valence electrons. The molecule has 1 aromatic rings. The first-order chi connectivity index (χ1) is 7.62. The van der Waals surface area contributed by atoms with Crippen LogP contribution in [-0.4, -0.2) is 24.3 Å². The third kappa shape index (κ3) is 2.28. The molecule has 3 nitrogen and oxygen atoms in total. The second-order valence-electron chi connectivity index (χ2n) is 4.19. The van der Waals surface area contributed by atoms with E-state index in [1.165, 1.54) is 0 Å². The summed E-state index contributed by atoms with van der Waals surface area (Å²) in [5, 5.41) is 9.30. The lowest BCUT2D eigenvalue weighted by molar-refractivity contribution is -0.148. The average molecular weight is 285 g/mol. The predicted octanol–water partition coefficient (Wildman–Crippen LogP) is 2.48. The second-order valence-corrected chi connectivity index (χ2v) is 5.11. The van der Waals surface area contributed by atoms with Crippen LogP contribution in [0.5, 0.6) is 0 Å². The van der Waals surface area contributed by atoms with Gasteiger partial charge in [0, 0.05) is 11.1 Å². The van der Waals surface area contributed by atoms with E-state index < -0.39 is 11.4 Å². The van der Waals surface area contributed by atoms with Gasteiger partial charge in [-0.25, -0.2) is 0 Å². The van der Waals surface area contributed by atoms with Crippen molar-refractivity contribution in [3.63, 3.8) is 0 Å². The van der Waals surface area contributed by atoms with Crippen molar-refractivity contribution in [1.82, 2.24) is 0 Å². The van der Waals surface area contributed by atoms with Crippen LogP contribution in [0.25, 0.3) is 0 Å². The lowest BCUT2D eigenvalue weighted by Crippen LogP contribution is -2.33. The Balaban J connectivity index is 2.21. The van der Waals surface area contributed by atoms with Crippen LogP contribution in [-0.2, 0) is 16.0 Å². The summed E-state index contributed by atoms with van der Waals surface area (Å²) in [6.45, 7) is 0.856. The zero-order chi connectivity index (χ0) is 11.6. The van der Waals surface area contributed by atoms with Gasteiger partial charge in [-0.3, -0.25) is 4.79 Å². The van der Waals surface area contributed by atoms with Gasteiger partial charge in [-0.1, -0.05) is 28.1 Å². The van der Waals surface area contributed by atoms with Crippen LogP contribution >= 0.6 is 15.9 Å². The van der Waals surface area contributed by atoms with Crippen LogP contribution in [0.4, 0.5) is 0 Å². The smallest absolute Gasteiger partial charge is 0.312 e. The zero-order valence-corrected chi connectivity index (χ0v) is 10.4. The molecule has 0 aliphatic carbocycles. The van der Waals surface area contributed by atoms with Crippen LogP contribution in [0.15, 0.2) is 28.7 Å². The number of ether oxygens (including phenoxy) is 1. The molecule has 1 aromatic carbocycles. The van der Waals surface area contributed by atoms with E-state index in [2.05, 4.69) is 15.9 Å². The molecule has 1 N–H and O–H groups in total. The summed E-state index contributed by atoms with van der Waals surface area (Å²) in [5.41, 5.74) is 0.295. The molecule has 1 unspecified atom stereocenters. The molecule has 0 amide bonds. The third-order valence-electron chi connectivity index (χ3n) is 2.99. The van der Waals surface area contributed by atoms with Gasteiger partial charge in [0.2, 0.25) is 0 Å². The number of benzene rings is 1. The maximum Gasteiger partial charge on any atom is 0.312 e. The van der Waals surface area contributed by atoms with Crippen LogP contribution in [0, 0.1) is 5.41 Å². The normalized spacial score (nSPS) is 24.6. The first-order valence-corrected chi connectivity index (χ1v) is 5.97. The maximum atomic E-state index is 11.3. The number of aliphatic carboxylic acids is 1. The van der Waals surface area contributed by atoms with Crippen molar-refractivity contribution in [2.24, 2.45) is 5.41 Å². The fourth-order valence-corrected chi connectivity index (χ4v) is 2.48. The van der Waals surface area contributed by atoms with E-state index in [1.807, 2.05) is 24.3 Å². The molecule has 0 saturated carbocycles. The Kier molecular flexibility index (Phi) is 3.30. The molecule has 1 heterocycles. The summed E-state index contributed by atoms with van der Waals surface area (Å²) in [6.07, 6.45) is 1.12. The summed E-state index contributed by atoms with van der Waals surface area (Å²) in [6, 6.07) is 7.77. The molecular weight excluding hydrogens is 272 g/mol. The Bertz CT molecular complexity index is 397. The first-order valence-electron chi connectivity index (χ1n) is 5.18. The second kappa shape index (κ2) is 4.55. The molecule has 2 rings (SSSR count). The van der Waals surface area contributed by atoms with E-state index in [0.717, 1.165) is 10.0 Å². The number of carbonyl (C=O) groups is 1. The Morgan fingerprint density at radius 2 is 2.38 bits per heavy atom. The van der Waals surface area contributed by atoms with E-state index in [9.17, 15) is 9.90 Å². The fourth-order valence-electron chi connectivity index (χ4n) is 2.03. The lowest BCUT2D eigenvalue weighted by atomic mass is 9.81. The molecule has 0 aromatic heterocycles. The highest BCUT2D eigenvalue weighted by atomic mass is 79.9. The molecule has 0 spiro atoms. The van der Waals surface area contributed by atoms with Crippen molar-refractivity contribution in [3.8, 4) is 0 Å². The van der Waals surface area contributed by atoms with Crippen molar-refractivity contribution in [3.05, 3.63) is 34.3 Å². The van der Waals surface area contributed by atoms with Gasteiger partial charge in [-0.05, 0) is 30.5 Å². The average Bonchev–Trinajstić information content (AvgIpc) is 2.67. The minimum atomic E-state index is -0.759. The highest BCUT2D eigenvalue weighted by molar-refractivity contribution is 9.10. The van der Waals surface area contributed by atoms with E-state index >= 15 is 0 Å². The van der Waals surface area contributed by atoms with Gasteiger partial charge in [0.25, 0.3) is 0 Å². The van der Waals surface area contributed by atoms with E-state index in [1.54, 1.807) is 0 Å². The quantitative estimate of drug-likeness (QED) is 0.928. The molecule has 0 bridgehead atoms. The third-order valence-corrected chi connectivity index (χ3v) is 3.48. The number of rotatable bonds is 3. The highest BCUT2D eigenvalue weighted by Gasteiger charge is 2.42. The van der Waals surface area contributed by atoms with Gasteiger partial charge >= 0.3 is 5.97 Å². The van der Waals surface area contributed by atoms with Gasteiger partial charge in [0.05, 0.1) is 12.0 Å². The lowest BCUT2D eigenvalue weighted by Gasteiger charge is -2.22. The maximum absolute atomic E-state index is 11.3. The van der Waals surface area contributed by atoms with Gasteiger partial charge in [-0.2, -0.15) is 0 Å². The fraction of sp³-hybridized carbons (Fsp3) is 0.417. The SMILES string of the molecule is O=C(O)C1(Cc2cccc(Br)c2)CCOC1. The minimum Gasteiger partial charge on any atom is -0.481 e. The highest BCUT2D eigenvalue weighted by Crippen LogP contribution is 2.33. The Labute approximate surface area is 103 Å². The molecule has 1 saturated heterocycles. The Hall–Kier alpha value is -0.870. The van der Waals surface area contributed by atoms with Gasteiger partial charge in [0.15, 0.2) is 0 Å². The standard InChI is InChI=1S/C12H13BrO3/c13-10-3-1-2-9(6-10)7-12(11(14)15)4-5-16-8-12/h1-3,6H,4-5,7-8H2,(H,14,15). The summed E-state index contributed by atoms with van der Waals surface area (Å²) < 4.78 is 6.21. The number of hydrogen-bond acceptors (Lipinski definition) is 2. The number of carboxylic acid groups (broad SMARTS) is 1. The van der Waals surface area contributed by atoms with Crippen molar-refractivity contribution < 1.29 is 14.6 Å². The molecule has 1 fully saturated rings. The molecule has 0 radical (unpaired) electrons. The van der Waals surface area contributed by atoms with Crippen LogP contribution < -0.4 is 0 Å².